The van der Waals surface area contributed by atoms with Crippen LogP contribution in [0.25, 0.3) is 10.9 Å². The summed E-state index contributed by atoms with van der Waals surface area (Å²) in [4.78, 5) is 36.7. The first-order valence-electron chi connectivity index (χ1n) is 5.08. The predicted molar refractivity (Wildman–Crippen MR) is 63.2 cm³/mol. The third-order valence-corrected chi connectivity index (χ3v) is 2.57. The Kier molecular flexibility index (Phi) is 2.85. The number of Topliss-reactive ketones (excluding diaryl/α,β-unsaturated/α-hetero) is 1. The number of aromatic amines is 1. The molecule has 92 valence electrons. The van der Waals surface area contributed by atoms with Gasteiger partial charge in [-0.3, -0.25) is 9.59 Å². The van der Waals surface area contributed by atoms with Crippen LogP contribution in [0.2, 0.25) is 0 Å². The fraction of sp³-hybridized carbons (Fsp3) is 0.0833. The number of amides is 1. The van der Waals surface area contributed by atoms with Gasteiger partial charge in [0.25, 0.3) is 11.7 Å². The highest BCUT2D eigenvalue weighted by Gasteiger charge is 2.18. The number of methoxy groups -OCH3 is 1. The van der Waals surface area contributed by atoms with E-state index in [0.717, 1.165) is 0 Å². The minimum absolute atomic E-state index is 0.142. The molecule has 6 heteroatoms. The van der Waals surface area contributed by atoms with Crippen LogP contribution in [0.5, 0.6) is 0 Å². The summed E-state index contributed by atoms with van der Waals surface area (Å²) in [5, 5.41) is 0.460. The van der Waals surface area contributed by atoms with Crippen LogP contribution in [-0.2, 0) is 9.53 Å². The molecule has 0 fully saturated rings. The van der Waals surface area contributed by atoms with Crippen LogP contribution in [0, 0.1) is 0 Å². The lowest BCUT2D eigenvalue weighted by atomic mass is 10.1. The Morgan fingerprint density at radius 1 is 1.28 bits per heavy atom. The van der Waals surface area contributed by atoms with E-state index in [2.05, 4.69) is 9.72 Å². The number of carbonyl (C=O) groups excluding carboxylic acids is 3. The van der Waals surface area contributed by atoms with Gasteiger partial charge in [0.15, 0.2) is 0 Å². The average Bonchev–Trinajstić information content (AvgIpc) is 2.79. The third-order valence-electron chi connectivity index (χ3n) is 2.57. The number of rotatable bonds is 3. The Morgan fingerprint density at radius 2 is 2.00 bits per heavy atom. The monoisotopic (exact) mass is 246 g/mol. The van der Waals surface area contributed by atoms with E-state index >= 15 is 0 Å². The zero-order valence-corrected chi connectivity index (χ0v) is 9.52. The molecule has 1 aromatic heterocycles. The summed E-state index contributed by atoms with van der Waals surface area (Å²) in [7, 11) is 1.26. The van der Waals surface area contributed by atoms with Gasteiger partial charge in [-0.2, -0.15) is 0 Å². The molecule has 0 saturated heterocycles. The largest absolute Gasteiger partial charge is 0.465 e. The summed E-state index contributed by atoms with van der Waals surface area (Å²) in [5.41, 5.74) is 6.02. The fourth-order valence-electron chi connectivity index (χ4n) is 1.69. The summed E-state index contributed by atoms with van der Waals surface area (Å²) in [6, 6.07) is 4.66. The molecule has 2 aromatic rings. The molecule has 3 N–H and O–H groups in total. The molecule has 0 aliphatic carbocycles. The van der Waals surface area contributed by atoms with Crippen molar-refractivity contribution in [3.63, 3.8) is 0 Å². The zero-order chi connectivity index (χ0) is 13.3. The Labute approximate surface area is 102 Å². The van der Waals surface area contributed by atoms with Crippen molar-refractivity contribution in [2.45, 2.75) is 0 Å². The number of benzene rings is 1. The minimum Gasteiger partial charge on any atom is -0.465 e. The number of ether oxygens (including phenoxy) is 1. The summed E-state index contributed by atoms with van der Waals surface area (Å²) >= 11 is 0. The highest BCUT2D eigenvalue weighted by atomic mass is 16.5. The van der Waals surface area contributed by atoms with Crippen LogP contribution in [-0.4, -0.2) is 29.8 Å². The van der Waals surface area contributed by atoms with Gasteiger partial charge >= 0.3 is 5.97 Å². The first-order valence-corrected chi connectivity index (χ1v) is 5.08. The topological polar surface area (TPSA) is 102 Å². The lowest BCUT2D eigenvalue weighted by Crippen LogP contribution is -2.22. The molecule has 0 atom stereocenters. The summed E-state index contributed by atoms with van der Waals surface area (Å²) in [6.45, 7) is 0. The lowest BCUT2D eigenvalue weighted by Gasteiger charge is -2.00. The van der Waals surface area contributed by atoms with Crippen molar-refractivity contribution in [2.24, 2.45) is 5.73 Å². The molecule has 2 rings (SSSR count). The molecule has 0 radical (unpaired) electrons. The second-order valence-corrected chi connectivity index (χ2v) is 3.65. The number of ketones is 1. The number of hydrogen-bond acceptors (Lipinski definition) is 4. The predicted octanol–water partition coefficient (Wildman–Crippen LogP) is 0.622. The van der Waals surface area contributed by atoms with Crippen molar-refractivity contribution in [3.8, 4) is 0 Å². The highest BCUT2D eigenvalue weighted by Crippen LogP contribution is 2.20. The van der Waals surface area contributed by atoms with Crippen molar-refractivity contribution in [2.75, 3.05) is 7.11 Å². The summed E-state index contributed by atoms with van der Waals surface area (Å²) in [5.74, 6) is -2.36. The Morgan fingerprint density at radius 3 is 2.61 bits per heavy atom. The quantitative estimate of drug-likeness (QED) is 0.470. The SMILES string of the molecule is COC(=O)c1ccc2[nH]cc(C(=O)C(N)=O)c2c1. The van der Waals surface area contributed by atoms with Crippen molar-refractivity contribution in [3.05, 3.63) is 35.5 Å². The van der Waals surface area contributed by atoms with Crippen LogP contribution in [0.1, 0.15) is 20.7 Å². The zero-order valence-electron chi connectivity index (χ0n) is 9.52. The summed E-state index contributed by atoms with van der Waals surface area (Å²) in [6.07, 6.45) is 1.39. The van der Waals surface area contributed by atoms with Crippen molar-refractivity contribution < 1.29 is 19.1 Å². The molecular formula is C12H10N2O4. The summed E-state index contributed by atoms with van der Waals surface area (Å²) < 4.78 is 4.58. The van der Waals surface area contributed by atoms with Gasteiger partial charge in [0.2, 0.25) is 0 Å². The Hall–Kier alpha value is -2.63. The molecular weight excluding hydrogens is 236 g/mol. The van der Waals surface area contributed by atoms with Crippen molar-refractivity contribution in [1.29, 1.82) is 0 Å². The van der Waals surface area contributed by atoms with E-state index in [0.29, 0.717) is 16.5 Å². The molecule has 1 heterocycles. The van der Waals surface area contributed by atoms with Crippen LogP contribution >= 0.6 is 0 Å². The minimum atomic E-state index is -1.04. The van der Waals surface area contributed by atoms with E-state index in [4.69, 9.17) is 5.73 Å². The molecule has 0 unspecified atom stereocenters. The number of aromatic nitrogens is 1. The first kappa shape index (κ1) is 11.8. The molecule has 0 aliphatic heterocycles. The van der Waals surface area contributed by atoms with Gasteiger partial charge in [-0.05, 0) is 18.2 Å². The van der Waals surface area contributed by atoms with Gasteiger partial charge < -0.3 is 15.5 Å². The van der Waals surface area contributed by atoms with Crippen molar-refractivity contribution >= 4 is 28.6 Å². The van der Waals surface area contributed by atoms with Gasteiger partial charge in [-0.25, -0.2) is 4.79 Å². The van der Waals surface area contributed by atoms with Gasteiger partial charge in [0.05, 0.1) is 18.2 Å². The van der Waals surface area contributed by atoms with E-state index in [1.165, 1.54) is 19.4 Å². The van der Waals surface area contributed by atoms with E-state index in [1.807, 2.05) is 0 Å². The number of nitrogens with one attached hydrogen (secondary N) is 1. The van der Waals surface area contributed by atoms with Gasteiger partial charge in [0, 0.05) is 17.1 Å². The fourth-order valence-corrected chi connectivity index (χ4v) is 1.69. The van der Waals surface area contributed by atoms with E-state index in [9.17, 15) is 14.4 Å². The molecule has 1 aromatic carbocycles. The molecule has 18 heavy (non-hydrogen) atoms. The van der Waals surface area contributed by atoms with E-state index in [-0.39, 0.29) is 5.56 Å². The van der Waals surface area contributed by atoms with Crippen LogP contribution < -0.4 is 5.73 Å². The highest BCUT2D eigenvalue weighted by molar-refractivity contribution is 6.44. The van der Waals surface area contributed by atoms with E-state index < -0.39 is 17.7 Å². The maximum absolute atomic E-state index is 11.6. The number of carbonyl (C=O) groups is 3. The maximum atomic E-state index is 11.6. The van der Waals surface area contributed by atoms with Crippen LogP contribution in [0.4, 0.5) is 0 Å². The third kappa shape index (κ3) is 1.84. The normalized spacial score (nSPS) is 10.3. The van der Waals surface area contributed by atoms with Gasteiger partial charge in [0.1, 0.15) is 0 Å². The number of primary amides is 1. The second-order valence-electron chi connectivity index (χ2n) is 3.65. The number of nitrogens with two attached hydrogens (primary N) is 1. The van der Waals surface area contributed by atoms with Crippen LogP contribution in [0.15, 0.2) is 24.4 Å². The molecule has 0 saturated carbocycles. The maximum Gasteiger partial charge on any atom is 0.337 e. The number of H-pyrrole nitrogens is 1. The van der Waals surface area contributed by atoms with Crippen molar-refractivity contribution in [1.82, 2.24) is 4.98 Å². The molecule has 1 amide bonds. The molecule has 6 nitrogen and oxygen atoms in total. The Bertz CT molecular complexity index is 657. The smallest absolute Gasteiger partial charge is 0.337 e. The van der Waals surface area contributed by atoms with Gasteiger partial charge in [-0.1, -0.05) is 0 Å². The van der Waals surface area contributed by atoms with E-state index in [1.54, 1.807) is 12.1 Å². The molecule has 0 aliphatic rings. The average molecular weight is 246 g/mol. The number of hydrogen-bond donors (Lipinski definition) is 2. The van der Waals surface area contributed by atoms with Gasteiger partial charge in [-0.15, -0.1) is 0 Å². The second kappa shape index (κ2) is 4.33. The Balaban J connectivity index is 2.60. The lowest BCUT2D eigenvalue weighted by molar-refractivity contribution is -0.114. The number of esters is 1. The molecule has 0 spiro atoms. The van der Waals surface area contributed by atoms with Crippen LogP contribution in [0.3, 0.4) is 0 Å². The molecule has 0 bridgehead atoms. The standard InChI is InChI=1S/C12H10N2O4/c1-18-12(17)6-2-3-9-7(4-6)8(5-14-9)10(15)11(13)16/h2-5,14H,1H3,(H2,13,16). The number of fused-ring (bicyclic) bond motifs is 1. The first-order chi connectivity index (χ1) is 8.54.